The van der Waals surface area contributed by atoms with Crippen molar-refractivity contribution >= 4 is 27.0 Å². The van der Waals surface area contributed by atoms with Crippen LogP contribution >= 0.6 is 15.9 Å². The molecule has 23 heavy (non-hydrogen) atoms. The van der Waals surface area contributed by atoms with Crippen LogP contribution in [0.1, 0.15) is 51.2 Å². The van der Waals surface area contributed by atoms with Crippen molar-refractivity contribution in [3.63, 3.8) is 0 Å². The largest absolute Gasteiger partial charge is 0.491 e. The second-order valence-electron chi connectivity index (χ2n) is 6.59. The molecule has 0 amide bonds. The van der Waals surface area contributed by atoms with Gasteiger partial charge in [-0.25, -0.2) is 4.68 Å². The van der Waals surface area contributed by atoms with Gasteiger partial charge in [0, 0.05) is 11.1 Å². The zero-order valence-electron chi connectivity index (χ0n) is 13.2. The third kappa shape index (κ3) is 3.24. The highest BCUT2D eigenvalue weighted by Gasteiger charge is 2.22. The lowest BCUT2D eigenvalue weighted by Crippen LogP contribution is -2.19. The number of hydrogen-bond acceptors (Lipinski definition) is 4. The van der Waals surface area contributed by atoms with E-state index in [1.807, 2.05) is 10.7 Å². The number of fused-ring (bicyclic) bond motifs is 1. The van der Waals surface area contributed by atoms with Gasteiger partial charge in [-0.2, -0.15) is 0 Å². The predicted molar refractivity (Wildman–Crippen MR) is 91.5 cm³/mol. The Bertz CT molecular complexity index is 676. The van der Waals surface area contributed by atoms with E-state index in [0.29, 0.717) is 5.92 Å². The SMILES string of the molecule is Brc1cc(OCC2CCCC2)c2nnn(C3CCCCO3)c2c1. The fraction of sp³-hybridized carbons (Fsp3) is 0.647. The van der Waals surface area contributed by atoms with Gasteiger partial charge in [0.1, 0.15) is 5.75 Å². The molecule has 1 unspecified atom stereocenters. The molecule has 1 saturated heterocycles. The van der Waals surface area contributed by atoms with Crippen LogP contribution in [0.2, 0.25) is 0 Å². The van der Waals surface area contributed by atoms with E-state index < -0.39 is 0 Å². The van der Waals surface area contributed by atoms with Crippen molar-refractivity contribution in [1.29, 1.82) is 0 Å². The highest BCUT2D eigenvalue weighted by molar-refractivity contribution is 9.10. The molecule has 2 heterocycles. The van der Waals surface area contributed by atoms with Crippen LogP contribution in [0, 0.1) is 5.92 Å². The topological polar surface area (TPSA) is 49.2 Å². The first-order chi connectivity index (χ1) is 11.3. The maximum Gasteiger partial charge on any atom is 0.155 e. The Balaban J connectivity index is 1.61. The fourth-order valence-electron chi connectivity index (χ4n) is 3.60. The Labute approximate surface area is 144 Å². The standard InChI is InChI=1S/C17H22BrN3O2/c18-13-9-14-17(15(10-13)23-11-12-5-1-2-6-12)19-20-21(14)16-7-3-4-8-22-16/h9-10,12,16H,1-8,11H2. The van der Waals surface area contributed by atoms with Gasteiger partial charge in [0.05, 0.1) is 12.1 Å². The van der Waals surface area contributed by atoms with Crippen molar-refractivity contribution in [3.05, 3.63) is 16.6 Å². The summed E-state index contributed by atoms with van der Waals surface area (Å²) in [5.41, 5.74) is 1.81. The number of benzene rings is 1. The first kappa shape index (κ1) is 15.4. The van der Waals surface area contributed by atoms with Crippen LogP contribution in [-0.2, 0) is 4.74 Å². The normalized spacial score (nSPS) is 22.7. The Kier molecular flexibility index (Phi) is 4.53. The lowest BCUT2D eigenvalue weighted by Gasteiger charge is -2.22. The molecule has 5 nitrogen and oxygen atoms in total. The van der Waals surface area contributed by atoms with E-state index in [9.17, 15) is 0 Å². The van der Waals surface area contributed by atoms with Crippen molar-refractivity contribution in [1.82, 2.24) is 15.0 Å². The maximum absolute atomic E-state index is 6.10. The molecule has 2 fully saturated rings. The first-order valence-electron chi connectivity index (χ1n) is 8.60. The van der Waals surface area contributed by atoms with Crippen LogP contribution < -0.4 is 4.74 Å². The molecule has 0 bridgehead atoms. The average molecular weight is 380 g/mol. The Morgan fingerprint density at radius 2 is 2.00 bits per heavy atom. The molecule has 1 atom stereocenters. The van der Waals surface area contributed by atoms with Crippen molar-refractivity contribution < 1.29 is 9.47 Å². The molecule has 124 valence electrons. The number of rotatable bonds is 4. The Hall–Kier alpha value is -1.14. The molecule has 4 rings (SSSR count). The molecule has 0 radical (unpaired) electrons. The third-order valence-corrected chi connectivity index (χ3v) is 5.34. The summed E-state index contributed by atoms with van der Waals surface area (Å²) in [6.45, 7) is 1.57. The summed E-state index contributed by atoms with van der Waals surface area (Å²) >= 11 is 3.59. The quantitative estimate of drug-likeness (QED) is 0.786. The Morgan fingerprint density at radius 1 is 1.17 bits per heavy atom. The highest BCUT2D eigenvalue weighted by Crippen LogP contribution is 2.33. The minimum Gasteiger partial charge on any atom is -0.491 e. The van der Waals surface area contributed by atoms with Crippen molar-refractivity contribution in [2.24, 2.45) is 5.92 Å². The molecule has 1 aromatic heterocycles. The molecule has 2 aliphatic rings. The van der Waals surface area contributed by atoms with Crippen LogP contribution in [0.3, 0.4) is 0 Å². The maximum atomic E-state index is 6.10. The summed E-state index contributed by atoms with van der Waals surface area (Å²) in [6.07, 6.45) is 8.50. The van der Waals surface area contributed by atoms with Crippen molar-refractivity contribution in [2.45, 2.75) is 51.2 Å². The van der Waals surface area contributed by atoms with E-state index in [-0.39, 0.29) is 6.23 Å². The minimum atomic E-state index is -0.00858. The van der Waals surface area contributed by atoms with Crippen molar-refractivity contribution in [3.8, 4) is 5.75 Å². The Morgan fingerprint density at radius 3 is 2.78 bits per heavy atom. The van der Waals surface area contributed by atoms with Gasteiger partial charge in [-0.1, -0.05) is 34.0 Å². The van der Waals surface area contributed by atoms with E-state index in [1.165, 1.54) is 32.1 Å². The van der Waals surface area contributed by atoms with Crippen molar-refractivity contribution in [2.75, 3.05) is 13.2 Å². The van der Waals surface area contributed by atoms with E-state index >= 15 is 0 Å². The van der Waals surface area contributed by atoms with Crippen LogP contribution in [0.15, 0.2) is 16.6 Å². The van der Waals surface area contributed by atoms with Gasteiger partial charge >= 0.3 is 0 Å². The smallest absolute Gasteiger partial charge is 0.155 e. The van der Waals surface area contributed by atoms with Crippen LogP contribution in [0.25, 0.3) is 11.0 Å². The van der Waals surface area contributed by atoms with E-state index in [0.717, 1.165) is 47.3 Å². The van der Waals surface area contributed by atoms with Gasteiger partial charge in [-0.3, -0.25) is 0 Å². The average Bonchev–Trinajstić information content (AvgIpc) is 3.23. The number of ether oxygens (including phenoxy) is 2. The van der Waals surface area contributed by atoms with Crippen LogP contribution in [-0.4, -0.2) is 28.2 Å². The molecule has 1 aromatic carbocycles. The molecule has 1 aliphatic carbocycles. The first-order valence-corrected chi connectivity index (χ1v) is 9.39. The lowest BCUT2D eigenvalue weighted by atomic mass is 10.1. The van der Waals surface area contributed by atoms with Crippen LogP contribution in [0.5, 0.6) is 5.75 Å². The third-order valence-electron chi connectivity index (χ3n) is 4.89. The summed E-state index contributed by atoms with van der Waals surface area (Å²) < 4.78 is 14.8. The molecule has 6 heteroatoms. The minimum absolute atomic E-state index is 0.00858. The number of halogens is 1. The summed E-state index contributed by atoms with van der Waals surface area (Å²) in [6, 6.07) is 4.05. The molecule has 0 N–H and O–H groups in total. The van der Waals surface area contributed by atoms with Gasteiger partial charge in [-0.05, 0) is 50.2 Å². The fourth-order valence-corrected chi connectivity index (χ4v) is 4.03. The molecular formula is C17H22BrN3O2. The van der Waals surface area contributed by atoms with Crippen LogP contribution in [0.4, 0.5) is 0 Å². The molecule has 2 aromatic rings. The number of aromatic nitrogens is 3. The van der Waals surface area contributed by atoms with Gasteiger partial charge in [-0.15, -0.1) is 5.10 Å². The zero-order chi connectivity index (χ0) is 15.6. The molecular weight excluding hydrogens is 358 g/mol. The molecule has 1 aliphatic heterocycles. The predicted octanol–water partition coefficient (Wildman–Crippen LogP) is 4.46. The monoisotopic (exact) mass is 379 g/mol. The summed E-state index contributed by atoms with van der Waals surface area (Å²) in [5.74, 6) is 1.50. The van der Waals surface area contributed by atoms with Gasteiger partial charge in [0.15, 0.2) is 11.7 Å². The second-order valence-corrected chi connectivity index (χ2v) is 7.50. The zero-order valence-corrected chi connectivity index (χ0v) is 14.8. The van der Waals surface area contributed by atoms with Gasteiger partial charge in [0.2, 0.25) is 0 Å². The summed E-state index contributed by atoms with van der Waals surface area (Å²) in [4.78, 5) is 0. The van der Waals surface area contributed by atoms with E-state index in [1.54, 1.807) is 0 Å². The number of hydrogen-bond donors (Lipinski definition) is 0. The molecule has 1 saturated carbocycles. The lowest BCUT2D eigenvalue weighted by molar-refractivity contribution is -0.0377. The van der Waals surface area contributed by atoms with E-state index in [4.69, 9.17) is 9.47 Å². The van der Waals surface area contributed by atoms with Gasteiger partial charge < -0.3 is 9.47 Å². The number of nitrogens with zero attached hydrogens (tertiary/aromatic N) is 3. The van der Waals surface area contributed by atoms with E-state index in [2.05, 4.69) is 32.3 Å². The second kappa shape index (κ2) is 6.77. The van der Waals surface area contributed by atoms with Gasteiger partial charge in [0.25, 0.3) is 0 Å². The summed E-state index contributed by atoms with van der Waals surface area (Å²) in [5, 5.41) is 8.71. The highest BCUT2D eigenvalue weighted by atomic mass is 79.9. The summed E-state index contributed by atoms with van der Waals surface area (Å²) in [7, 11) is 0. The molecule has 0 spiro atoms.